The minimum absolute atomic E-state index is 0.0370. The molecule has 2 aliphatic rings. The van der Waals surface area contributed by atoms with Crippen LogP contribution in [0, 0.1) is 12.8 Å². The molecule has 0 spiro atoms. The van der Waals surface area contributed by atoms with Gasteiger partial charge in [-0.1, -0.05) is 13.0 Å². The molecule has 55 heavy (non-hydrogen) atoms. The van der Waals surface area contributed by atoms with E-state index in [2.05, 4.69) is 24.0 Å². The van der Waals surface area contributed by atoms with Gasteiger partial charge >= 0.3 is 18.3 Å². The van der Waals surface area contributed by atoms with Crippen LogP contribution in [0.5, 0.6) is 5.88 Å². The minimum Gasteiger partial charge on any atom is -0.494 e. The molecule has 3 rings (SSSR count). The molecule has 3 heterocycles. The average Bonchev–Trinajstić information content (AvgIpc) is 3.74. The summed E-state index contributed by atoms with van der Waals surface area (Å²) in [7, 11) is 8.55. The Kier molecular flexibility index (Phi) is 28.6. The van der Waals surface area contributed by atoms with Crippen LogP contribution in [-0.2, 0) is 56.3 Å². The molecular weight excluding hydrogens is 878 g/mol. The summed E-state index contributed by atoms with van der Waals surface area (Å²) in [5.74, 6) is -1.04. The van der Waals surface area contributed by atoms with Crippen LogP contribution in [-0.4, -0.2) is 96.4 Å². The van der Waals surface area contributed by atoms with E-state index in [0.717, 1.165) is 14.4 Å². The van der Waals surface area contributed by atoms with Gasteiger partial charge in [0.2, 0.25) is 11.8 Å². The molecular formula is C32H54Cl2N3O12P3S3. The summed E-state index contributed by atoms with van der Waals surface area (Å²) < 4.78 is 64.3. The molecule has 1 aromatic rings. The molecule has 3 atom stereocenters. The average molecular weight is 939 g/mol. The number of imide groups is 2. The summed E-state index contributed by atoms with van der Waals surface area (Å²) in [6.07, 6.45) is 1.42. The number of alkyl halides is 2. The molecule has 0 bridgehead atoms. The highest BCUT2D eigenvalue weighted by Gasteiger charge is 2.40. The fourth-order valence-electron chi connectivity index (χ4n) is 3.63. The summed E-state index contributed by atoms with van der Waals surface area (Å²) >= 11 is 9.53. The molecule has 0 aliphatic carbocycles. The second-order valence-electron chi connectivity index (χ2n) is 13.4. The van der Waals surface area contributed by atoms with Gasteiger partial charge in [-0.15, -0.1) is 23.2 Å². The van der Waals surface area contributed by atoms with E-state index < -0.39 is 47.0 Å². The Labute approximate surface area is 355 Å². The topological polar surface area (TPSA) is 196 Å². The molecule has 1 saturated heterocycles. The molecule has 15 nitrogen and oxygen atoms in total. The first-order valence-corrected chi connectivity index (χ1v) is 22.4. The number of aryl methyl sites for hydroxylation is 1. The lowest BCUT2D eigenvalue weighted by Crippen LogP contribution is -2.41. The van der Waals surface area contributed by atoms with E-state index in [1.54, 1.807) is 75.3 Å². The van der Waals surface area contributed by atoms with E-state index in [9.17, 15) is 29.1 Å². The van der Waals surface area contributed by atoms with Crippen molar-refractivity contribution >= 4 is 110 Å². The van der Waals surface area contributed by atoms with Crippen LogP contribution in [0.1, 0.15) is 99.3 Å². The van der Waals surface area contributed by atoms with Crippen molar-refractivity contribution in [2.24, 2.45) is 5.92 Å². The van der Waals surface area contributed by atoms with E-state index in [0.29, 0.717) is 44.6 Å². The van der Waals surface area contributed by atoms with Gasteiger partial charge in [0.15, 0.2) is 0 Å². The number of hydrogen-bond donors (Lipinski definition) is 1. The molecule has 2 aliphatic heterocycles. The lowest BCUT2D eigenvalue weighted by atomic mass is 10.1. The van der Waals surface area contributed by atoms with E-state index in [1.165, 1.54) is 18.2 Å². The van der Waals surface area contributed by atoms with Gasteiger partial charge in [-0.2, -0.15) is 0 Å². The third-order valence-corrected chi connectivity index (χ3v) is 5.38. The summed E-state index contributed by atoms with van der Waals surface area (Å²) in [5.41, 5.74) is -1.46. The summed E-state index contributed by atoms with van der Waals surface area (Å²) in [6.45, 7) is 17.4. The molecule has 0 radical (unpaired) electrons. The van der Waals surface area contributed by atoms with Crippen LogP contribution in [0.4, 0.5) is 14.4 Å². The van der Waals surface area contributed by atoms with Crippen molar-refractivity contribution in [1.82, 2.24) is 14.4 Å². The Morgan fingerprint density at radius 2 is 1.22 bits per heavy atom. The first kappa shape index (κ1) is 52.7. The standard InChI is InChI=1S/C11H19NO3.2C10H15NO3.CH2Cl2.3HOPS/c1-7-6-8(2)12(9(7)13)10(14)15-11(3,4)5;2*1-7-5-6-8(12)11(7)9(13)14-10(2,3)4;2-1-3;3*1-3-2/h7-8H,6H2,1-5H3;5-6,12H,1-4H3;5-7H,1-4H3;1H2;3*2H/t7?,8-;;7-;;;;/m1.1..../s1/i2T;2*1T;;;;. The highest BCUT2D eigenvalue weighted by atomic mass is 35.5. The highest BCUT2D eigenvalue weighted by Crippen LogP contribution is 2.26. The number of hydrogen-bond acceptors (Lipinski definition) is 12. The van der Waals surface area contributed by atoms with Gasteiger partial charge in [0.05, 0.1) is 11.4 Å². The van der Waals surface area contributed by atoms with Crippen molar-refractivity contribution in [2.75, 3.05) is 5.34 Å². The number of amides is 4. The highest BCUT2D eigenvalue weighted by molar-refractivity contribution is 7.93. The number of aromatic nitrogens is 1. The molecule has 0 saturated carbocycles. The normalized spacial score (nSPS) is 17.5. The molecule has 316 valence electrons. The second-order valence-corrected chi connectivity index (χ2v) is 16.3. The first-order valence-electron chi connectivity index (χ1n) is 17.5. The van der Waals surface area contributed by atoms with Crippen molar-refractivity contribution in [3.63, 3.8) is 0 Å². The summed E-state index contributed by atoms with van der Waals surface area (Å²) in [5, 5.41) is 9.60. The first-order chi connectivity index (χ1) is 26.6. The molecule has 0 aromatic carbocycles. The number of likely N-dealkylation sites (tertiary alicyclic amines) is 1. The third kappa shape index (κ3) is 28.7. The lowest BCUT2D eigenvalue weighted by Gasteiger charge is -2.25. The second kappa shape index (κ2) is 29.9. The molecule has 1 fully saturated rings. The van der Waals surface area contributed by atoms with Crippen LogP contribution in [0.25, 0.3) is 0 Å². The van der Waals surface area contributed by atoms with Crippen molar-refractivity contribution in [3.8, 4) is 5.88 Å². The zero-order chi connectivity index (χ0) is 46.6. The molecule has 1 aromatic heterocycles. The van der Waals surface area contributed by atoms with Gasteiger partial charge < -0.3 is 19.3 Å². The van der Waals surface area contributed by atoms with Crippen LogP contribution < -0.4 is 0 Å². The van der Waals surface area contributed by atoms with Gasteiger partial charge in [0, 0.05) is 33.9 Å². The summed E-state index contributed by atoms with van der Waals surface area (Å²) in [6, 6.07) is 2.06. The van der Waals surface area contributed by atoms with Gasteiger partial charge in [-0.25, -0.2) is 41.4 Å². The van der Waals surface area contributed by atoms with Gasteiger partial charge in [-0.3, -0.25) is 9.59 Å². The number of nitrogens with zero attached hydrogens (tertiary/aromatic N) is 3. The smallest absolute Gasteiger partial charge is 0.421 e. The maximum absolute atomic E-state index is 11.8. The largest absolute Gasteiger partial charge is 0.494 e. The van der Waals surface area contributed by atoms with E-state index in [1.807, 2.05) is 0 Å². The Balaban J connectivity index is -0.000000331. The molecule has 23 heteroatoms. The Bertz CT molecular complexity index is 1580. The van der Waals surface area contributed by atoms with Crippen molar-refractivity contribution in [1.29, 1.82) is 0 Å². The molecule has 1 N–H and O–H groups in total. The van der Waals surface area contributed by atoms with Crippen molar-refractivity contribution in [3.05, 3.63) is 30.0 Å². The number of carbonyl (C=O) groups excluding carboxylic acids is 5. The zero-order valence-corrected chi connectivity index (χ0v) is 39.3. The predicted molar refractivity (Wildman–Crippen MR) is 226 cm³/mol. The van der Waals surface area contributed by atoms with Crippen molar-refractivity contribution in [2.45, 2.75) is 125 Å². The van der Waals surface area contributed by atoms with Crippen molar-refractivity contribution < 1.29 is 60.0 Å². The monoisotopic (exact) mass is 937 g/mol. The lowest BCUT2D eigenvalue weighted by molar-refractivity contribution is -0.130. The van der Waals surface area contributed by atoms with Gasteiger partial charge in [-0.05, 0) is 120 Å². The molecule has 4 amide bonds. The number of halogens is 2. The van der Waals surface area contributed by atoms with E-state index in [-0.39, 0.29) is 49.8 Å². The maximum Gasteiger partial charge on any atom is 0.421 e. The van der Waals surface area contributed by atoms with Crippen LogP contribution in [0.3, 0.4) is 0 Å². The SMILES string of the molecule is ClCCl.O=S=P.O=S=P.O=S=P.[3H]C[C@@H]1C=CC(=O)N1C(=O)OC(C)(C)C.[3H]C[C@@H]1CC(C)C(=O)N1C(=O)OC(C)(C)C.[3H]Cc1ccc(O)n1C(=O)OC(C)(C)C. The van der Waals surface area contributed by atoms with E-state index >= 15 is 0 Å². The van der Waals surface area contributed by atoms with Gasteiger partial charge in [0.1, 0.15) is 49.3 Å². The zero-order valence-electron chi connectivity index (χ0n) is 35.3. The number of rotatable bonds is 0. The minimum atomic E-state index is -0.685. The fourth-order valence-corrected chi connectivity index (χ4v) is 3.63. The number of carbonyl (C=O) groups is 5. The maximum atomic E-state index is 11.8. The molecule has 1 unspecified atom stereocenters. The predicted octanol–water partition coefficient (Wildman–Crippen LogP) is 8.37. The Hall–Kier alpha value is -2.29. The number of aromatic hydroxyl groups is 1. The van der Waals surface area contributed by atoms with Gasteiger partial charge in [0.25, 0.3) is 5.91 Å². The van der Waals surface area contributed by atoms with Crippen LogP contribution >= 0.6 is 47.2 Å². The van der Waals surface area contributed by atoms with Crippen LogP contribution in [0.15, 0.2) is 24.3 Å². The number of ether oxygens (including phenoxy) is 3. The Morgan fingerprint density at radius 3 is 1.58 bits per heavy atom. The summed E-state index contributed by atoms with van der Waals surface area (Å²) in [4.78, 5) is 60.1. The fraction of sp³-hybridized carbons (Fsp3) is 0.656. The van der Waals surface area contributed by atoms with Crippen LogP contribution in [0.2, 0.25) is 0 Å². The third-order valence-electron chi connectivity index (χ3n) is 5.38. The quantitative estimate of drug-likeness (QED) is 0.149. The van der Waals surface area contributed by atoms with E-state index in [4.69, 9.17) is 54.2 Å². The Morgan fingerprint density at radius 1 is 0.818 bits per heavy atom.